The largest absolute Gasteiger partial charge is 0.497 e. The Hall–Kier alpha value is -2.63. The molecule has 0 unspecified atom stereocenters. The van der Waals surface area contributed by atoms with E-state index in [1.807, 2.05) is 24.3 Å². The first-order valence-electron chi connectivity index (χ1n) is 8.57. The summed E-state index contributed by atoms with van der Waals surface area (Å²) in [6, 6.07) is 9.24. The predicted molar refractivity (Wildman–Crippen MR) is 96.8 cm³/mol. The van der Waals surface area contributed by atoms with E-state index in [1.165, 1.54) is 17.0 Å². The number of carbonyl (C=O) groups is 1. The Balaban J connectivity index is 1.82. The van der Waals surface area contributed by atoms with Gasteiger partial charge >= 0.3 is 0 Å². The third kappa shape index (κ3) is 6.06. The zero-order valence-electron chi connectivity index (χ0n) is 14.8. The van der Waals surface area contributed by atoms with E-state index in [9.17, 15) is 9.59 Å². The lowest BCUT2D eigenvalue weighted by Crippen LogP contribution is -2.33. The Bertz CT molecular complexity index is 756. The minimum Gasteiger partial charge on any atom is -0.497 e. The van der Waals surface area contributed by atoms with Gasteiger partial charge < -0.3 is 10.1 Å². The second-order valence-corrected chi connectivity index (χ2v) is 5.90. The molecular formula is C19H25N3O3. The van der Waals surface area contributed by atoms with E-state index in [0.717, 1.165) is 36.3 Å². The zero-order chi connectivity index (χ0) is 18.1. The van der Waals surface area contributed by atoms with Crippen molar-refractivity contribution >= 4 is 5.91 Å². The van der Waals surface area contributed by atoms with Crippen LogP contribution in [-0.4, -0.2) is 29.1 Å². The molecule has 2 rings (SSSR count). The van der Waals surface area contributed by atoms with E-state index < -0.39 is 0 Å². The summed E-state index contributed by atoms with van der Waals surface area (Å²) in [7, 11) is 1.63. The fraction of sp³-hybridized carbons (Fsp3) is 0.421. The Labute approximate surface area is 147 Å². The molecule has 25 heavy (non-hydrogen) atoms. The Morgan fingerprint density at radius 1 is 1.28 bits per heavy atom. The van der Waals surface area contributed by atoms with Crippen LogP contribution >= 0.6 is 0 Å². The van der Waals surface area contributed by atoms with Crippen LogP contribution in [0.4, 0.5) is 0 Å². The van der Waals surface area contributed by atoms with Gasteiger partial charge in [0.1, 0.15) is 12.3 Å². The van der Waals surface area contributed by atoms with Crippen LogP contribution in [0.1, 0.15) is 31.0 Å². The van der Waals surface area contributed by atoms with Crippen LogP contribution in [0.2, 0.25) is 0 Å². The molecule has 0 saturated heterocycles. The molecule has 0 bridgehead atoms. The van der Waals surface area contributed by atoms with Crippen molar-refractivity contribution in [1.29, 1.82) is 0 Å². The van der Waals surface area contributed by atoms with Crippen molar-refractivity contribution in [3.05, 3.63) is 58.3 Å². The number of methoxy groups -OCH3 is 1. The minimum atomic E-state index is -0.201. The standard InChI is InChI=1S/C19H25N3O3/c1-3-4-7-16-12-19(24)22(14-21-16)13-18(23)20-10-9-15-6-5-8-17(11-15)25-2/h5-6,8,11-12,14H,3-4,7,9-10,13H2,1-2H3,(H,20,23). The average Bonchev–Trinajstić information content (AvgIpc) is 2.62. The van der Waals surface area contributed by atoms with Gasteiger partial charge in [-0.3, -0.25) is 14.2 Å². The van der Waals surface area contributed by atoms with Gasteiger partial charge in [-0.1, -0.05) is 25.5 Å². The van der Waals surface area contributed by atoms with Crippen LogP contribution in [0.25, 0.3) is 0 Å². The van der Waals surface area contributed by atoms with Crippen molar-refractivity contribution in [2.75, 3.05) is 13.7 Å². The molecule has 0 fully saturated rings. The SMILES string of the molecule is CCCCc1cc(=O)n(CC(=O)NCCc2cccc(OC)c2)cn1. The molecule has 2 aromatic rings. The Kier molecular flexibility index (Phi) is 7.19. The van der Waals surface area contributed by atoms with E-state index in [4.69, 9.17) is 4.74 Å². The van der Waals surface area contributed by atoms with Crippen LogP contribution in [0, 0.1) is 0 Å². The summed E-state index contributed by atoms with van der Waals surface area (Å²) in [5, 5.41) is 2.83. The second kappa shape index (κ2) is 9.61. The third-order valence-corrected chi connectivity index (χ3v) is 3.91. The summed E-state index contributed by atoms with van der Waals surface area (Å²) >= 11 is 0. The molecule has 0 aliphatic heterocycles. The molecule has 6 heteroatoms. The maximum Gasteiger partial charge on any atom is 0.253 e. The molecule has 1 amide bonds. The molecule has 0 atom stereocenters. The van der Waals surface area contributed by atoms with Gasteiger partial charge in [-0.15, -0.1) is 0 Å². The second-order valence-electron chi connectivity index (χ2n) is 5.90. The molecule has 6 nitrogen and oxygen atoms in total. The van der Waals surface area contributed by atoms with E-state index in [-0.39, 0.29) is 18.0 Å². The van der Waals surface area contributed by atoms with E-state index >= 15 is 0 Å². The van der Waals surface area contributed by atoms with Gasteiger partial charge in [0.15, 0.2) is 0 Å². The number of ether oxygens (including phenoxy) is 1. The number of amides is 1. The van der Waals surface area contributed by atoms with Crippen molar-refractivity contribution < 1.29 is 9.53 Å². The number of hydrogen-bond donors (Lipinski definition) is 1. The topological polar surface area (TPSA) is 73.2 Å². The molecule has 0 saturated carbocycles. The van der Waals surface area contributed by atoms with Crippen molar-refractivity contribution in [3.63, 3.8) is 0 Å². The number of rotatable bonds is 9. The van der Waals surface area contributed by atoms with Crippen molar-refractivity contribution in [3.8, 4) is 5.75 Å². The molecule has 0 aliphatic rings. The molecule has 1 aromatic carbocycles. The molecule has 1 aromatic heterocycles. The van der Waals surface area contributed by atoms with Gasteiger partial charge in [0, 0.05) is 18.3 Å². The maximum atomic E-state index is 12.0. The minimum absolute atomic E-state index is 0.0159. The monoisotopic (exact) mass is 343 g/mol. The molecule has 0 radical (unpaired) electrons. The normalized spacial score (nSPS) is 10.5. The average molecular weight is 343 g/mol. The lowest BCUT2D eigenvalue weighted by atomic mass is 10.1. The molecule has 0 spiro atoms. The maximum absolute atomic E-state index is 12.0. The summed E-state index contributed by atoms with van der Waals surface area (Å²) < 4.78 is 6.51. The highest BCUT2D eigenvalue weighted by atomic mass is 16.5. The molecule has 1 heterocycles. The lowest BCUT2D eigenvalue weighted by Gasteiger charge is -2.08. The fourth-order valence-electron chi connectivity index (χ4n) is 2.46. The van der Waals surface area contributed by atoms with Crippen molar-refractivity contribution in [2.45, 2.75) is 39.2 Å². The van der Waals surface area contributed by atoms with Crippen LogP contribution in [-0.2, 0) is 24.2 Å². The zero-order valence-corrected chi connectivity index (χ0v) is 14.8. The molecule has 1 N–H and O–H groups in total. The first-order valence-corrected chi connectivity index (χ1v) is 8.57. The summed E-state index contributed by atoms with van der Waals surface area (Å²) in [6.07, 6.45) is 5.00. The van der Waals surface area contributed by atoms with Gasteiger partial charge in [0.05, 0.1) is 13.4 Å². The fourth-order valence-corrected chi connectivity index (χ4v) is 2.46. The summed E-state index contributed by atoms with van der Waals surface area (Å²) in [6.45, 7) is 2.58. The third-order valence-electron chi connectivity index (χ3n) is 3.91. The Morgan fingerprint density at radius 3 is 2.84 bits per heavy atom. The molecular weight excluding hydrogens is 318 g/mol. The number of carbonyl (C=O) groups excluding carboxylic acids is 1. The highest BCUT2D eigenvalue weighted by molar-refractivity contribution is 5.75. The first-order chi connectivity index (χ1) is 12.1. The summed E-state index contributed by atoms with van der Waals surface area (Å²) in [4.78, 5) is 28.3. The van der Waals surface area contributed by atoms with Gasteiger partial charge in [-0.05, 0) is 37.0 Å². The van der Waals surface area contributed by atoms with Crippen LogP contribution < -0.4 is 15.6 Å². The Morgan fingerprint density at radius 2 is 2.12 bits per heavy atom. The van der Waals surface area contributed by atoms with Gasteiger partial charge in [-0.2, -0.15) is 0 Å². The highest BCUT2D eigenvalue weighted by Crippen LogP contribution is 2.12. The quantitative estimate of drug-likeness (QED) is 0.755. The van der Waals surface area contributed by atoms with Gasteiger partial charge in [0.2, 0.25) is 5.91 Å². The number of nitrogens with one attached hydrogen (secondary N) is 1. The van der Waals surface area contributed by atoms with E-state index in [1.54, 1.807) is 7.11 Å². The summed E-state index contributed by atoms with van der Waals surface area (Å²) in [5.41, 5.74) is 1.67. The molecule has 134 valence electrons. The number of hydrogen-bond acceptors (Lipinski definition) is 4. The van der Waals surface area contributed by atoms with Crippen LogP contribution in [0.15, 0.2) is 41.5 Å². The molecule has 0 aliphatic carbocycles. The smallest absolute Gasteiger partial charge is 0.253 e. The predicted octanol–water partition coefficient (Wildman–Crippen LogP) is 1.95. The highest BCUT2D eigenvalue weighted by Gasteiger charge is 2.06. The number of nitrogens with zero attached hydrogens (tertiary/aromatic N) is 2. The van der Waals surface area contributed by atoms with Crippen LogP contribution in [0.3, 0.4) is 0 Å². The van der Waals surface area contributed by atoms with Gasteiger partial charge in [0.25, 0.3) is 5.56 Å². The van der Waals surface area contributed by atoms with Crippen molar-refractivity contribution in [1.82, 2.24) is 14.9 Å². The van der Waals surface area contributed by atoms with E-state index in [2.05, 4.69) is 17.2 Å². The first kappa shape index (κ1) is 18.7. The van der Waals surface area contributed by atoms with Crippen molar-refractivity contribution in [2.24, 2.45) is 0 Å². The number of aryl methyl sites for hydroxylation is 1. The van der Waals surface area contributed by atoms with Gasteiger partial charge in [-0.25, -0.2) is 4.98 Å². The number of unbranched alkanes of at least 4 members (excludes halogenated alkanes) is 1. The number of benzene rings is 1. The number of aromatic nitrogens is 2. The van der Waals surface area contributed by atoms with E-state index in [0.29, 0.717) is 13.0 Å². The lowest BCUT2D eigenvalue weighted by molar-refractivity contribution is -0.121. The van der Waals surface area contributed by atoms with Crippen LogP contribution in [0.5, 0.6) is 5.75 Å². The summed E-state index contributed by atoms with van der Waals surface area (Å²) in [5.74, 6) is 0.595.